The van der Waals surface area contributed by atoms with Gasteiger partial charge in [0.25, 0.3) is 0 Å². The van der Waals surface area contributed by atoms with Crippen LogP contribution < -0.4 is 0 Å². The molecule has 0 saturated carbocycles. The predicted molar refractivity (Wildman–Crippen MR) is 63.3 cm³/mol. The van der Waals surface area contributed by atoms with Crippen LogP contribution in [-0.2, 0) is 4.84 Å². The van der Waals surface area contributed by atoms with Crippen molar-refractivity contribution >= 4 is 17.5 Å². The van der Waals surface area contributed by atoms with Crippen LogP contribution in [0.15, 0.2) is 29.4 Å². The lowest BCUT2D eigenvalue weighted by Crippen LogP contribution is -2.11. The van der Waals surface area contributed by atoms with E-state index in [4.69, 9.17) is 4.84 Å². The zero-order valence-electron chi connectivity index (χ0n) is 8.64. The summed E-state index contributed by atoms with van der Waals surface area (Å²) in [6, 6.07) is 8.74. The van der Waals surface area contributed by atoms with Crippen LogP contribution in [0.4, 0.5) is 0 Å². The summed E-state index contributed by atoms with van der Waals surface area (Å²) in [6.07, 6.45) is 0. The van der Waals surface area contributed by atoms with E-state index in [1.165, 1.54) is 16.8 Å². The lowest BCUT2D eigenvalue weighted by Gasteiger charge is -2.09. The maximum Gasteiger partial charge on any atom is 0.126 e. The maximum atomic E-state index is 5.16. The van der Waals surface area contributed by atoms with Crippen molar-refractivity contribution in [1.82, 2.24) is 0 Å². The molecule has 78 valence electrons. The third-order valence-electron chi connectivity index (χ3n) is 2.98. The first-order valence-electron chi connectivity index (χ1n) is 5.22. The second-order valence-electron chi connectivity index (χ2n) is 4.13. The number of benzene rings is 1. The van der Waals surface area contributed by atoms with Gasteiger partial charge in [-0.15, -0.1) is 11.8 Å². The van der Waals surface area contributed by atoms with Gasteiger partial charge >= 0.3 is 0 Å². The van der Waals surface area contributed by atoms with Crippen molar-refractivity contribution in [3.8, 4) is 0 Å². The zero-order chi connectivity index (χ0) is 10.3. The molecule has 1 aromatic carbocycles. The van der Waals surface area contributed by atoms with Gasteiger partial charge in [0.2, 0.25) is 0 Å². The highest BCUT2D eigenvalue weighted by Crippen LogP contribution is 2.43. The summed E-state index contributed by atoms with van der Waals surface area (Å²) < 4.78 is 0. The number of hydrogen-bond acceptors (Lipinski definition) is 3. The molecule has 1 fully saturated rings. The van der Waals surface area contributed by atoms with Gasteiger partial charge in [-0.3, -0.25) is 0 Å². The Hall–Kier alpha value is -0.960. The molecule has 1 aromatic rings. The Morgan fingerprint density at radius 1 is 1.33 bits per heavy atom. The van der Waals surface area contributed by atoms with Crippen LogP contribution in [0.1, 0.15) is 16.4 Å². The van der Waals surface area contributed by atoms with Crippen molar-refractivity contribution in [3.05, 3.63) is 35.4 Å². The van der Waals surface area contributed by atoms with Gasteiger partial charge in [0, 0.05) is 11.7 Å². The van der Waals surface area contributed by atoms with Gasteiger partial charge in [-0.05, 0) is 12.5 Å². The largest absolute Gasteiger partial charge is 0.395 e. The molecule has 0 aliphatic carbocycles. The maximum absolute atomic E-state index is 5.16. The Balaban J connectivity index is 1.91. The van der Waals surface area contributed by atoms with E-state index >= 15 is 0 Å². The molecule has 2 aliphatic heterocycles. The van der Waals surface area contributed by atoms with Crippen LogP contribution in [0.25, 0.3) is 0 Å². The van der Waals surface area contributed by atoms with E-state index in [0.717, 1.165) is 12.4 Å². The van der Waals surface area contributed by atoms with Crippen LogP contribution in [0.5, 0.6) is 0 Å². The van der Waals surface area contributed by atoms with Crippen LogP contribution in [-0.4, -0.2) is 18.1 Å². The Morgan fingerprint density at radius 3 is 2.93 bits per heavy atom. The molecular formula is C12H13NOS. The third-order valence-corrected chi connectivity index (χ3v) is 4.42. The molecule has 2 atom stereocenters. The van der Waals surface area contributed by atoms with Gasteiger partial charge in [-0.1, -0.05) is 35.0 Å². The van der Waals surface area contributed by atoms with Gasteiger partial charge in [-0.2, -0.15) is 0 Å². The predicted octanol–water partition coefficient (Wildman–Crippen LogP) is 2.79. The fourth-order valence-corrected chi connectivity index (χ4v) is 3.51. The van der Waals surface area contributed by atoms with E-state index in [2.05, 4.69) is 36.3 Å². The molecule has 15 heavy (non-hydrogen) atoms. The first kappa shape index (κ1) is 9.28. The van der Waals surface area contributed by atoms with Crippen LogP contribution in [0.2, 0.25) is 0 Å². The lowest BCUT2D eigenvalue weighted by atomic mass is 9.99. The first-order valence-corrected chi connectivity index (χ1v) is 6.27. The van der Waals surface area contributed by atoms with E-state index in [1.54, 1.807) is 0 Å². The zero-order valence-corrected chi connectivity index (χ0v) is 9.46. The van der Waals surface area contributed by atoms with E-state index in [0.29, 0.717) is 11.2 Å². The smallest absolute Gasteiger partial charge is 0.126 e. The van der Waals surface area contributed by atoms with E-state index in [-0.39, 0.29) is 0 Å². The highest BCUT2D eigenvalue weighted by atomic mass is 32.2. The second-order valence-corrected chi connectivity index (χ2v) is 5.27. The minimum atomic E-state index is 0.429. The molecule has 0 bridgehead atoms. The van der Waals surface area contributed by atoms with Crippen molar-refractivity contribution in [3.63, 3.8) is 0 Å². The van der Waals surface area contributed by atoms with Crippen molar-refractivity contribution in [2.24, 2.45) is 11.1 Å². The Kier molecular flexibility index (Phi) is 2.20. The molecule has 0 radical (unpaired) electrons. The molecule has 0 N–H and O–H groups in total. The monoisotopic (exact) mass is 219 g/mol. The normalized spacial score (nSPS) is 28.5. The number of rotatable bonds is 1. The third kappa shape index (κ3) is 1.55. The topological polar surface area (TPSA) is 21.6 Å². The summed E-state index contributed by atoms with van der Waals surface area (Å²) in [7, 11) is 0. The summed E-state index contributed by atoms with van der Waals surface area (Å²) >= 11 is 1.98. The summed E-state index contributed by atoms with van der Waals surface area (Å²) in [5, 5.41) is 4.60. The number of aryl methyl sites for hydroxylation is 1. The van der Waals surface area contributed by atoms with Gasteiger partial charge in [0.05, 0.1) is 11.0 Å². The SMILES string of the molecule is Cc1ccc([C@H]2SC[C@@H]3CON=C32)cc1. The second kappa shape index (κ2) is 3.56. The molecule has 3 rings (SSSR count). The van der Waals surface area contributed by atoms with Crippen LogP contribution in [0, 0.1) is 12.8 Å². The quantitative estimate of drug-likeness (QED) is 0.724. The molecule has 2 heterocycles. The fourth-order valence-electron chi connectivity index (χ4n) is 2.06. The number of oxime groups is 1. The number of thioether (sulfide) groups is 1. The molecule has 2 nitrogen and oxygen atoms in total. The molecule has 2 aliphatic rings. The molecule has 0 amide bonds. The van der Waals surface area contributed by atoms with E-state index in [1.807, 2.05) is 11.8 Å². The molecule has 0 spiro atoms. The average molecular weight is 219 g/mol. The summed E-state index contributed by atoms with van der Waals surface area (Å²) in [5.41, 5.74) is 3.91. The number of fused-ring (bicyclic) bond motifs is 1. The van der Waals surface area contributed by atoms with Crippen molar-refractivity contribution < 1.29 is 4.84 Å². The highest BCUT2D eigenvalue weighted by molar-refractivity contribution is 8.00. The summed E-state index contributed by atoms with van der Waals surface area (Å²) in [5.74, 6) is 1.71. The van der Waals surface area contributed by atoms with Gasteiger partial charge in [-0.25, -0.2) is 0 Å². The highest BCUT2D eigenvalue weighted by Gasteiger charge is 2.37. The number of nitrogens with zero attached hydrogens (tertiary/aromatic N) is 1. The van der Waals surface area contributed by atoms with Crippen molar-refractivity contribution in [1.29, 1.82) is 0 Å². The van der Waals surface area contributed by atoms with Gasteiger partial charge < -0.3 is 4.84 Å². The molecule has 0 unspecified atom stereocenters. The minimum absolute atomic E-state index is 0.429. The Bertz CT molecular complexity index is 399. The summed E-state index contributed by atoms with van der Waals surface area (Å²) in [4.78, 5) is 5.16. The Labute approximate surface area is 93.7 Å². The molecule has 1 saturated heterocycles. The summed E-state index contributed by atoms with van der Waals surface area (Å²) in [6.45, 7) is 2.90. The van der Waals surface area contributed by atoms with Crippen LogP contribution in [0.3, 0.4) is 0 Å². The first-order chi connectivity index (χ1) is 7.34. The molecule has 0 aromatic heterocycles. The molecular weight excluding hydrogens is 206 g/mol. The van der Waals surface area contributed by atoms with Crippen LogP contribution >= 0.6 is 11.8 Å². The standard InChI is InChI=1S/C12H13NOS/c1-8-2-4-9(5-3-8)12-11-10(7-15-12)6-14-13-11/h2-5,10,12H,6-7H2,1H3/t10-,12+/m0/s1. The lowest BCUT2D eigenvalue weighted by molar-refractivity contribution is 0.158. The average Bonchev–Trinajstić information content (AvgIpc) is 2.80. The fraction of sp³-hybridized carbons (Fsp3) is 0.417. The van der Waals surface area contributed by atoms with Crippen molar-refractivity contribution in [2.45, 2.75) is 12.2 Å². The van der Waals surface area contributed by atoms with Gasteiger partial charge in [0.1, 0.15) is 6.61 Å². The van der Waals surface area contributed by atoms with E-state index < -0.39 is 0 Å². The van der Waals surface area contributed by atoms with Gasteiger partial charge in [0.15, 0.2) is 0 Å². The van der Waals surface area contributed by atoms with E-state index in [9.17, 15) is 0 Å². The minimum Gasteiger partial charge on any atom is -0.395 e. The Morgan fingerprint density at radius 2 is 2.13 bits per heavy atom. The van der Waals surface area contributed by atoms with Crippen molar-refractivity contribution in [2.75, 3.05) is 12.4 Å². The number of hydrogen-bond donors (Lipinski definition) is 0. The molecule has 3 heteroatoms.